The van der Waals surface area contributed by atoms with E-state index in [2.05, 4.69) is 43.4 Å². The lowest BCUT2D eigenvalue weighted by atomic mass is 9.87. The predicted octanol–water partition coefficient (Wildman–Crippen LogP) is 4.17. The van der Waals surface area contributed by atoms with Gasteiger partial charge in [-0.05, 0) is 28.7 Å². The molecule has 0 fully saturated rings. The van der Waals surface area contributed by atoms with Crippen LogP contribution in [0, 0.1) is 0 Å². The number of hydrogen-bond donors (Lipinski definition) is 1. The van der Waals surface area contributed by atoms with Crippen molar-refractivity contribution in [3.8, 4) is 5.75 Å². The molecule has 1 amide bonds. The van der Waals surface area contributed by atoms with Crippen LogP contribution in [0.15, 0.2) is 53.6 Å². The number of hydrogen-bond acceptors (Lipinski definition) is 3. The Morgan fingerprint density at radius 1 is 1.17 bits per heavy atom. The van der Waals surface area contributed by atoms with Crippen LogP contribution in [0.3, 0.4) is 0 Å². The molecule has 0 radical (unpaired) electrons. The molecule has 0 atom stereocenters. The minimum atomic E-state index is -0.350. The predicted molar refractivity (Wildman–Crippen MR) is 97.8 cm³/mol. The summed E-state index contributed by atoms with van der Waals surface area (Å²) >= 11 is 5.95. The Kier molecular flexibility index (Phi) is 5.99. The van der Waals surface area contributed by atoms with Crippen LogP contribution < -0.4 is 10.2 Å². The molecular weight excluding hydrogens is 324 g/mol. The third-order valence-electron chi connectivity index (χ3n) is 3.37. The third-order valence-corrected chi connectivity index (χ3v) is 3.69. The van der Waals surface area contributed by atoms with Gasteiger partial charge in [0.2, 0.25) is 0 Å². The van der Waals surface area contributed by atoms with E-state index in [0.29, 0.717) is 10.8 Å². The SMILES string of the molecule is CC(C)(C)c1ccc(C=NNC(=O)COc2ccccc2Cl)cc1. The van der Waals surface area contributed by atoms with E-state index < -0.39 is 0 Å². The zero-order chi connectivity index (χ0) is 17.6. The summed E-state index contributed by atoms with van der Waals surface area (Å²) < 4.78 is 5.34. The second kappa shape index (κ2) is 7.97. The van der Waals surface area contributed by atoms with Gasteiger partial charge in [0, 0.05) is 0 Å². The first-order chi connectivity index (χ1) is 11.4. The zero-order valence-corrected chi connectivity index (χ0v) is 14.8. The normalized spacial score (nSPS) is 11.5. The average molecular weight is 345 g/mol. The maximum atomic E-state index is 11.7. The summed E-state index contributed by atoms with van der Waals surface area (Å²) in [6, 6.07) is 15.0. The van der Waals surface area contributed by atoms with Crippen molar-refractivity contribution in [1.82, 2.24) is 5.43 Å². The van der Waals surface area contributed by atoms with Crippen LogP contribution in [0.4, 0.5) is 0 Å². The summed E-state index contributed by atoms with van der Waals surface area (Å²) in [5, 5.41) is 4.40. The van der Waals surface area contributed by atoms with Crippen LogP contribution in [-0.4, -0.2) is 18.7 Å². The third kappa shape index (κ3) is 5.39. The number of amides is 1. The summed E-state index contributed by atoms with van der Waals surface area (Å²) in [5.41, 5.74) is 4.70. The summed E-state index contributed by atoms with van der Waals surface area (Å²) in [6.07, 6.45) is 1.60. The van der Waals surface area contributed by atoms with Crippen LogP contribution in [0.2, 0.25) is 5.02 Å². The fourth-order valence-corrected chi connectivity index (χ4v) is 2.18. The minimum Gasteiger partial charge on any atom is -0.482 e. The Morgan fingerprint density at radius 3 is 2.46 bits per heavy atom. The fourth-order valence-electron chi connectivity index (χ4n) is 1.99. The Balaban J connectivity index is 1.83. The van der Waals surface area contributed by atoms with Gasteiger partial charge in [-0.3, -0.25) is 4.79 Å². The highest BCUT2D eigenvalue weighted by Gasteiger charge is 2.12. The van der Waals surface area contributed by atoms with Gasteiger partial charge in [0.1, 0.15) is 5.75 Å². The van der Waals surface area contributed by atoms with Gasteiger partial charge in [0.15, 0.2) is 6.61 Å². The lowest BCUT2D eigenvalue weighted by Crippen LogP contribution is -2.24. The van der Waals surface area contributed by atoms with E-state index in [1.54, 1.807) is 30.5 Å². The molecule has 1 N–H and O–H groups in total. The molecule has 126 valence electrons. The Morgan fingerprint density at radius 2 is 1.83 bits per heavy atom. The van der Waals surface area contributed by atoms with E-state index in [4.69, 9.17) is 16.3 Å². The minimum absolute atomic E-state index is 0.111. The van der Waals surface area contributed by atoms with Gasteiger partial charge in [-0.15, -0.1) is 0 Å². The number of ether oxygens (including phenoxy) is 1. The molecular formula is C19H21ClN2O2. The van der Waals surface area contributed by atoms with Gasteiger partial charge in [0.05, 0.1) is 11.2 Å². The van der Waals surface area contributed by atoms with Crippen molar-refractivity contribution in [3.05, 3.63) is 64.7 Å². The van der Waals surface area contributed by atoms with Gasteiger partial charge in [-0.2, -0.15) is 5.10 Å². The van der Waals surface area contributed by atoms with Gasteiger partial charge in [-0.1, -0.05) is 68.8 Å². The molecule has 0 saturated carbocycles. The van der Waals surface area contributed by atoms with E-state index in [9.17, 15) is 4.79 Å². The van der Waals surface area contributed by atoms with Crippen molar-refractivity contribution in [1.29, 1.82) is 0 Å². The summed E-state index contributed by atoms with van der Waals surface area (Å²) in [6.45, 7) is 6.34. The number of para-hydroxylation sites is 1. The molecule has 0 unspecified atom stereocenters. The second-order valence-electron chi connectivity index (χ2n) is 6.38. The van der Waals surface area contributed by atoms with Crippen molar-refractivity contribution < 1.29 is 9.53 Å². The van der Waals surface area contributed by atoms with Gasteiger partial charge >= 0.3 is 0 Å². The number of nitrogens with zero attached hydrogens (tertiary/aromatic N) is 1. The molecule has 0 aromatic heterocycles. The first kappa shape index (κ1) is 18.0. The number of carbonyl (C=O) groups is 1. The summed E-state index contributed by atoms with van der Waals surface area (Å²) in [4.78, 5) is 11.7. The molecule has 5 heteroatoms. The molecule has 2 rings (SSSR count). The van der Waals surface area contributed by atoms with Crippen molar-refractivity contribution in [2.45, 2.75) is 26.2 Å². The smallest absolute Gasteiger partial charge is 0.277 e. The molecule has 0 aliphatic heterocycles. The van der Waals surface area contributed by atoms with E-state index in [0.717, 1.165) is 5.56 Å². The number of carbonyl (C=O) groups excluding carboxylic acids is 1. The lowest BCUT2D eigenvalue weighted by Gasteiger charge is -2.18. The lowest BCUT2D eigenvalue weighted by molar-refractivity contribution is -0.123. The van der Waals surface area contributed by atoms with E-state index >= 15 is 0 Å². The quantitative estimate of drug-likeness (QED) is 0.653. The van der Waals surface area contributed by atoms with Crippen molar-refractivity contribution in [3.63, 3.8) is 0 Å². The molecule has 2 aromatic carbocycles. The largest absolute Gasteiger partial charge is 0.482 e. The van der Waals surface area contributed by atoms with Gasteiger partial charge < -0.3 is 4.74 Å². The fraction of sp³-hybridized carbons (Fsp3) is 0.263. The van der Waals surface area contributed by atoms with Crippen molar-refractivity contribution in [2.24, 2.45) is 5.10 Å². The van der Waals surface area contributed by atoms with Crippen LogP contribution in [0.25, 0.3) is 0 Å². The molecule has 0 aliphatic carbocycles. The maximum Gasteiger partial charge on any atom is 0.277 e. The van der Waals surface area contributed by atoms with Crippen LogP contribution in [0.1, 0.15) is 31.9 Å². The van der Waals surface area contributed by atoms with E-state index in [1.807, 2.05) is 12.1 Å². The molecule has 4 nitrogen and oxygen atoms in total. The number of hydrazone groups is 1. The van der Waals surface area contributed by atoms with Crippen LogP contribution in [-0.2, 0) is 10.2 Å². The van der Waals surface area contributed by atoms with Crippen LogP contribution >= 0.6 is 11.6 Å². The van der Waals surface area contributed by atoms with Crippen molar-refractivity contribution >= 4 is 23.7 Å². The standard InChI is InChI=1S/C19H21ClN2O2/c1-19(2,3)15-10-8-14(9-11-15)12-21-22-18(23)13-24-17-7-5-4-6-16(17)20/h4-12H,13H2,1-3H3,(H,22,23). The van der Waals surface area contributed by atoms with Crippen LogP contribution in [0.5, 0.6) is 5.75 Å². The Bertz CT molecular complexity index is 719. The number of nitrogens with one attached hydrogen (secondary N) is 1. The average Bonchev–Trinajstić information content (AvgIpc) is 2.54. The van der Waals surface area contributed by atoms with Gasteiger partial charge in [-0.25, -0.2) is 5.43 Å². The highest BCUT2D eigenvalue weighted by atomic mass is 35.5. The Labute approximate surface area is 147 Å². The molecule has 0 bridgehead atoms. The van der Waals surface area contributed by atoms with Gasteiger partial charge in [0.25, 0.3) is 5.91 Å². The van der Waals surface area contributed by atoms with E-state index in [-0.39, 0.29) is 17.9 Å². The van der Waals surface area contributed by atoms with Crippen molar-refractivity contribution in [2.75, 3.05) is 6.61 Å². The molecule has 0 aliphatic rings. The monoisotopic (exact) mass is 344 g/mol. The number of halogens is 1. The maximum absolute atomic E-state index is 11.7. The summed E-state index contributed by atoms with van der Waals surface area (Å²) in [7, 11) is 0. The molecule has 0 spiro atoms. The van der Waals surface area contributed by atoms with E-state index in [1.165, 1.54) is 5.56 Å². The zero-order valence-electron chi connectivity index (χ0n) is 14.0. The first-order valence-electron chi connectivity index (χ1n) is 7.66. The highest BCUT2D eigenvalue weighted by Crippen LogP contribution is 2.23. The second-order valence-corrected chi connectivity index (χ2v) is 6.79. The molecule has 0 saturated heterocycles. The first-order valence-corrected chi connectivity index (χ1v) is 8.04. The molecule has 24 heavy (non-hydrogen) atoms. The number of rotatable bonds is 5. The molecule has 2 aromatic rings. The topological polar surface area (TPSA) is 50.7 Å². The number of benzene rings is 2. The summed E-state index contributed by atoms with van der Waals surface area (Å²) in [5.74, 6) is 0.119. The Hall–Kier alpha value is -2.33. The molecule has 0 heterocycles. The highest BCUT2D eigenvalue weighted by molar-refractivity contribution is 6.32.